The van der Waals surface area contributed by atoms with Crippen molar-refractivity contribution in [3.8, 4) is 22.6 Å². The van der Waals surface area contributed by atoms with Gasteiger partial charge in [0.05, 0.1) is 0 Å². The molecule has 2 N–H and O–H groups in total. The Hall–Kier alpha value is -1.96. The molecule has 2 aromatic rings. The van der Waals surface area contributed by atoms with Crippen LogP contribution in [0.15, 0.2) is 42.5 Å². The highest BCUT2D eigenvalue weighted by Gasteiger charge is 2.19. The first-order chi connectivity index (χ1) is 8.39. The third kappa shape index (κ3) is 2.33. The van der Waals surface area contributed by atoms with Gasteiger partial charge in [-0.25, -0.2) is 0 Å². The van der Waals surface area contributed by atoms with Gasteiger partial charge in [0.25, 0.3) is 0 Å². The van der Waals surface area contributed by atoms with Crippen molar-refractivity contribution in [2.75, 3.05) is 0 Å². The number of hydrogen-bond donors (Lipinski definition) is 2. The second-order valence-corrected chi connectivity index (χ2v) is 5.50. The van der Waals surface area contributed by atoms with Crippen LogP contribution in [0.4, 0.5) is 0 Å². The van der Waals surface area contributed by atoms with Crippen molar-refractivity contribution in [2.45, 2.75) is 26.2 Å². The summed E-state index contributed by atoms with van der Waals surface area (Å²) in [6.45, 7) is 6.16. The Labute approximate surface area is 108 Å². The van der Waals surface area contributed by atoms with Gasteiger partial charge in [0.1, 0.15) is 11.5 Å². The van der Waals surface area contributed by atoms with Crippen LogP contribution in [0.2, 0.25) is 0 Å². The van der Waals surface area contributed by atoms with Crippen LogP contribution in [-0.2, 0) is 5.41 Å². The SMILES string of the molecule is CC(C)(C)c1cc(-c2ccccc2O)ccc1O. The van der Waals surface area contributed by atoms with Crippen LogP contribution in [0, 0.1) is 0 Å². The van der Waals surface area contributed by atoms with Crippen LogP contribution in [0.5, 0.6) is 11.5 Å². The fourth-order valence-corrected chi connectivity index (χ4v) is 2.02. The van der Waals surface area contributed by atoms with E-state index in [1.54, 1.807) is 18.2 Å². The predicted molar refractivity (Wildman–Crippen MR) is 73.9 cm³/mol. The van der Waals surface area contributed by atoms with Crippen LogP contribution in [0.25, 0.3) is 11.1 Å². The van der Waals surface area contributed by atoms with Crippen molar-refractivity contribution in [3.05, 3.63) is 48.0 Å². The second kappa shape index (κ2) is 4.37. The molecule has 0 saturated heterocycles. The van der Waals surface area contributed by atoms with Gasteiger partial charge in [-0.2, -0.15) is 0 Å². The number of rotatable bonds is 1. The minimum absolute atomic E-state index is 0.134. The van der Waals surface area contributed by atoms with E-state index in [1.165, 1.54) is 0 Å². The summed E-state index contributed by atoms with van der Waals surface area (Å²) in [6.07, 6.45) is 0. The normalized spacial score (nSPS) is 11.5. The van der Waals surface area contributed by atoms with Gasteiger partial charge in [0.2, 0.25) is 0 Å². The van der Waals surface area contributed by atoms with Gasteiger partial charge in [0, 0.05) is 5.56 Å². The first-order valence-corrected chi connectivity index (χ1v) is 6.01. The summed E-state index contributed by atoms with van der Waals surface area (Å²) in [5.41, 5.74) is 2.44. The molecule has 0 radical (unpaired) electrons. The second-order valence-electron chi connectivity index (χ2n) is 5.50. The van der Waals surface area contributed by atoms with E-state index < -0.39 is 0 Å². The molecule has 0 heterocycles. The Kier molecular flexibility index (Phi) is 3.04. The lowest BCUT2D eigenvalue weighted by atomic mass is 9.84. The first kappa shape index (κ1) is 12.5. The van der Waals surface area contributed by atoms with Crippen LogP contribution < -0.4 is 0 Å². The monoisotopic (exact) mass is 242 g/mol. The number of aromatic hydroxyl groups is 2. The van der Waals surface area contributed by atoms with E-state index in [-0.39, 0.29) is 11.2 Å². The molecular weight excluding hydrogens is 224 g/mol. The average Bonchev–Trinajstić information content (AvgIpc) is 2.29. The molecule has 94 valence electrons. The molecule has 18 heavy (non-hydrogen) atoms. The van der Waals surface area contributed by atoms with E-state index in [2.05, 4.69) is 20.8 Å². The average molecular weight is 242 g/mol. The van der Waals surface area contributed by atoms with E-state index >= 15 is 0 Å². The Morgan fingerprint density at radius 1 is 0.833 bits per heavy atom. The minimum atomic E-state index is -0.134. The zero-order chi connectivity index (χ0) is 13.3. The molecule has 0 aliphatic heterocycles. The lowest BCUT2D eigenvalue weighted by Crippen LogP contribution is -2.11. The van der Waals surface area contributed by atoms with Gasteiger partial charge in [-0.3, -0.25) is 0 Å². The standard InChI is InChI=1S/C16H18O2/c1-16(2,3)13-10-11(8-9-15(13)18)12-6-4-5-7-14(12)17/h4-10,17-18H,1-3H3. The molecule has 0 amide bonds. The lowest BCUT2D eigenvalue weighted by Gasteiger charge is -2.21. The van der Waals surface area contributed by atoms with Crippen LogP contribution in [0.3, 0.4) is 0 Å². The quantitative estimate of drug-likeness (QED) is 0.791. The summed E-state index contributed by atoms with van der Waals surface area (Å²) < 4.78 is 0. The molecule has 0 unspecified atom stereocenters. The van der Waals surface area contributed by atoms with Gasteiger partial charge >= 0.3 is 0 Å². The van der Waals surface area contributed by atoms with E-state index in [0.29, 0.717) is 5.75 Å². The third-order valence-corrected chi connectivity index (χ3v) is 3.02. The maximum Gasteiger partial charge on any atom is 0.123 e. The van der Waals surface area contributed by atoms with Gasteiger partial charge in [-0.05, 0) is 34.7 Å². The van der Waals surface area contributed by atoms with Crippen molar-refractivity contribution >= 4 is 0 Å². The van der Waals surface area contributed by atoms with Gasteiger partial charge in [-0.1, -0.05) is 45.0 Å². The molecule has 0 atom stereocenters. The first-order valence-electron chi connectivity index (χ1n) is 6.01. The van der Waals surface area contributed by atoms with Crippen molar-refractivity contribution in [2.24, 2.45) is 0 Å². The maximum absolute atomic E-state index is 9.92. The summed E-state index contributed by atoms with van der Waals surface area (Å²) in [5.74, 6) is 0.546. The van der Waals surface area contributed by atoms with Crippen molar-refractivity contribution in [1.29, 1.82) is 0 Å². The van der Waals surface area contributed by atoms with Crippen LogP contribution >= 0.6 is 0 Å². The fourth-order valence-electron chi connectivity index (χ4n) is 2.02. The molecule has 2 heteroatoms. The minimum Gasteiger partial charge on any atom is -0.508 e. The van der Waals surface area contributed by atoms with Crippen molar-refractivity contribution in [3.63, 3.8) is 0 Å². The van der Waals surface area contributed by atoms with Crippen LogP contribution in [0.1, 0.15) is 26.3 Å². The highest BCUT2D eigenvalue weighted by atomic mass is 16.3. The zero-order valence-corrected chi connectivity index (χ0v) is 10.9. The topological polar surface area (TPSA) is 40.5 Å². The third-order valence-electron chi connectivity index (χ3n) is 3.02. The maximum atomic E-state index is 9.92. The number of phenolic OH excluding ortho intramolecular Hbond substituents is 2. The summed E-state index contributed by atoms with van der Waals surface area (Å²) in [6, 6.07) is 12.7. The Morgan fingerprint density at radius 3 is 2.11 bits per heavy atom. The van der Waals surface area contributed by atoms with Crippen molar-refractivity contribution < 1.29 is 10.2 Å². The number of phenols is 2. The lowest BCUT2D eigenvalue weighted by molar-refractivity contribution is 0.446. The Bertz CT molecular complexity index is 566. The molecule has 0 aliphatic rings. The number of benzene rings is 2. The summed E-state index contributed by atoms with van der Waals surface area (Å²) in [4.78, 5) is 0. The molecule has 2 nitrogen and oxygen atoms in total. The molecule has 2 rings (SSSR count). The van der Waals surface area contributed by atoms with Crippen molar-refractivity contribution in [1.82, 2.24) is 0 Å². The highest BCUT2D eigenvalue weighted by Crippen LogP contribution is 2.36. The zero-order valence-electron chi connectivity index (χ0n) is 10.9. The predicted octanol–water partition coefficient (Wildman–Crippen LogP) is 4.06. The van der Waals surface area contributed by atoms with Crippen LogP contribution in [-0.4, -0.2) is 10.2 Å². The van der Waals surface area contributed by atoms with Gasteiger partial charge < -0.3 is 10.2 Å². The van der Waals surface area contributed by atoms with E-state index in [9.17, 15) is 10.2 Å². The Balaban J connectivity index is 2.58. The Morgan fingerprint density at radius 2 is 1.50 bits per heavy atom. The number of para-hydroxylation sites is 1. The largest absolute Gasteiger partial charge is 0.508 e. The van der Waals surface area contributed by atoms with E-state index in [4.69, 9.17) is 0 Å². The molecule has 0 saturated carbocycles. The molecule has 0 spiro atoms. The molecule has 0 aromatic heterocycles. The molecule has 0 bridgehead atoms. The highest BCUT2D eigenvalue weighted by molar-refractivity contribution is 5.71. The van der Waals surface area contributed by atoms with Gasteiger partial charge in [0.15, 0.2) is 0 Å². The van der Waals surface area contributed by atoms with Gasteiger partial charge in [-0.15, -0.1) is 0 Å². The molecular formula is C16H18O2. The summed E-state index contributed by atoms with van der Waals surface area (Å²) >= 11 is 0. The van der Waals surface area contributed by atoms with E-state index in [1.807, 2.05) is 24.3 Å². The molecule has 0 aliphatic carbocycles. The molecule has 2 aromatic carbocycles. The number of hydrogen-bond acceptors (Lipinski definition) is 2. The smallest absolute Gasteiger partial charge is 0.123 e. The molecule has 0 fully saturated rings. The fraction of sp³-hybridized carbons (Fsp3) is 0.250. The summed E-state index contributed by atoms with van der Waals surface area (Å²) in [5, 5.41) is 19.8. The summed E-state index contributed by atoms with van der Waals surface area (Å²) in [7, 11) is 0. The van der Waals surface area contributed by atoms with E-state index in [0.717, 1.165) is 16.7 Å².